The number of benzene rings is 2. The second-order valence-electron chi connectivity index (χ2n) is 10.5. The summed E-state index contributed by atoms with van der Waals surface area (Å²) in [5, 5.41) is 6.74. The Morgan fingerprint density at radius 3 is 2.54 bits per heavy atom. The summed E-state index contributed by atoms with van der Waals surface area (Å²) >= 11 is 6.65. The number of H-pyrrole nitrogens is 1. The number of likely N-dealkylation sites (tertiary alicyclic amines) is 1. The molecule has 0 amide bonds. The first-order valence-electron chi connectivity index (χ1n) is 13.1. The summed E-state index contributed by atoms with van der Waals surface area (Å²) in [4.78, 5) is 16.2. The monoisotopic (exact) mass is 577 g/mol. The van der Waals surface area contributed by atoms with Crippen LogP contribution in [0.1, 0.15) is 66.3 Å². The summed E-state index contributed by atoms with van der Waals surface area (Å²) in [6, 6.07) is 5.08. The maximum Gasteiger partial charge on any atom is 0.434 e. The van der Waals surface area contributed by atoms with Crippen LogP contribution >= 0.6 is 11.6 Å². The third kappa shape index (κ3) is 5.01. The Kier molecular flexibility index (Phi) is 7.62. The second kappa shape index (κ2) is 10.7. The van der Waals surface area contributed by atoms with Gasteiger partial charge in [-0.15, -0.1) is 5.10 Å². The number of halogens is 2. The first-order valence-corrected chi connectivity index (χ1v) is 14.9. The standard InChI is InChI=1S/C27H33ClFN5O4S/c1-16-8-10-21(29)23(17(16)2)18(3)24(26-30-31-27(35)38-26)34-15-32(4)25-19(14-33-12-6-5-7-13-33)20(28)9-11-22(25)39(34,36)37/h8-11,18,24H,5-7,12-15H2,1-4H3,(H,31,35)/t18-,24+/m1/s1. The largest absolute Gasteiger partial charge is 0.434 e. The van der Waals surface area contributed by atoms with E-state index in [1.54, 1.807) is 33.0 Å². The van der Waals surface area contributed by atoms with E-state index >= 15 is 4.39 Å². The molecule has 0 spiro atoms. The van der Waals surface area contributed by atoms with Crippen LogP contribution < -0.4 is 10.7 Å². The zero-order valence-electron chi connectivity index (χ0n) is 22.5. The van der Waals surface area contributed by atoms with E-state index in [9.17, 15) is 13.2 Å². The minimum Gasteiger partial charge on any atom is -0.391 e. The van der Waals surface area contributed by atoms with Gasteiger partial charge in [0, 0.05) is 30.1 Å². The van der Waals surface area contributed by atoms with Crippen molar-refractivity contribution < 1.29 is 17.2 Å². The van der Waals surface area contributed by atoms with E-state index in [1.165, 1.54) is 22.9 Å². The SMILES string of the molecule is Cc1ccc(F)c([C@@H](C)[C@@H](c2n[nH]c(=O)o2)N2CN(C)c3c(ccc(Cl)c3CN3CCCCC3)S2(=O)=O)c1C. The number of rotatable bonds is 6. The van der Waals surface area contributed by atoms with E-state index in [4.69, 9.17) is 16.0 Å². The van der Waals surface area contributed by atoms with Crippen LogP contribution in [0.25, 0.3) is 0 Å². The van der Waals surface area contributed by atoms with Gasteiger partial charge in [-0.2, -0.15) is 4.31 Å². The lowest BCUT2D eigenvalue weighted by Crippen LogP contribution is -2.48. The number of hydrogen-bond donors (Lipinski definition) is 1. The lowest BCUT2D eigenvalue weighted by atomic mass is 9.87. The van der Waals surface area contributed by atoms with E-state index in [2.05, 4.69) is 15.1 Å². The van der Waals surface area contributed by atoms with Crippen molar-refractivity contribution in [1.82, 2.24) is 19.4 Å². The predicted octanol–water partition coefficient (Wildman–Crippen LogP) is 4.70. The van der Waals surface area contributed by atoms with E-state index in [1.807, 2.05) is 11.8 Å². The number of anilines is 1. The van der Waals surface area contributed by atoms with Crippen LogP contribution in [0.2, 0.25) is 5.02 Å². The molecule has 2 atom stereocenters. The van der Waals surface area contributed by atoms with Gasteiger partial charge in [-0.3, -0.25) is 4.90 Å². The number of aromatic amines is 1. The minimum atomic E-state index is -4.15. The molecule has 39 heavy (non-hydrogen) atoms. The quantitative estimate of drug-likeness (QED) is 0.453. The molecule has 0 aliphatic carbocycles. The first-order chi connectivity index (χ1) is 18.5. The molecule has 3 heterocycles. The van der Waals surface area contributed by atoms with Crippen LogP contribution in [0.5, 0.6) is 0 Å². The number of fused-ring (bicyclic) bond motifs is 1. The molecular weight excluding hydrogens is 545 g/mol. The molecular formula is C27H33ClFN5O4S. The third-order valence-corrected chi connectivity index (χ3v) is 10.2. The van der Waals surface area contributed by atoms with E-state index in [-0.39, 0.29) is 17.5 Å². The Bertz CT molecular complexity index is 1550. The fraction of sp³-hybridized carbons (Fsp3) is 0.481. The van der Waals surface area contributed by atoms with Crippen molar-refractivity contribution in [1.29, 1.82) is 0 Å². The third-order valence-electron chi connectivity index (χ3n) is 8.02. The summed E-state index contributed by atoms with van der Waals surface area (Å²) < 4.78 is 50.4. The van der Waals surface area contributed by atoms with Crippen molar-refractivity contribution in [2.75, 3.05) is 31.7 Å². The highest BCUT2D eigenvalue weighted by molar-refractivity contribution is 7.89. The van der Waals surface area contributed by atoms with Crippen molar-refractivity contribution in [3.8, 4) is 0 Å². The molecule has 2 aromatic carbocycles. The molecule has 1 aromatic heterocycles. The molecule has 0 radical (unpaired) electrons. The molecule has 1 saturated heterocycles. The van der Waals surface area contributed by atoms with Gasteiger partial charge in [-0.25, -0.2) is 22.7 Å². The molecule has 0 bridgehead atoms. The molecule has 0 saturated carbocycles. The normalized spacial score (nSPS) is 19.6. The number of aryl methyl sites for hydroxylation is 1. The summed E-state index contributed by atoms with van der Waals surface area (Å²) in [5.41, 5.74) is 3.22. The predicted molar refractivity (Wildman–Crippen MR) is 147 cm³/mol. The highest BCUT2D eigenvalue weighted by Crippen LogP contribution is 2.46. The Morgan fingerprint density at radius 2 is 1.87 bits per heavy atom. The summed E-state index contributed by atoms with van der Waals surface area (Å²) in [5.74, 6) is -2.15. The van der Waals surface area contributed by atoms with Crippen molar-refractivity contribution in [3.63, 3.8) is 0 Å². The summed E-state index contributed by atoms with van der Waals surface area (Å²) in [6.07, 6.45) is 3.38. The number of hydrogen-bond acceptors (Lipinski definition) is 7. The van der Waals surface area contributed by atoms with Gasteiger partial charge in [-0.1, -0.05) is 31.0 Å². The van der Waals surface area contributed by atoms with Crippen LogP contribution in [0.15, 0.2) is 38.4 Å². The molecule has 5 rings (SSSR count). The smallest absolute Gasteiger partial charge is 0.391 e. The van der Waals surface area contributed by atoms with Crippen molar-refractivity contribution in [2.24, 2.45) is 0 Å². The van der Waals surface area contributed by atoms with Crippen LogP contribution in [-0.4, -0.2) is 54.6 Å². The molecule has 1 N–H and O–H groups in total. The van der Waals surface area contributed by atoms with Gasteiger partial charge in [0.05, 0.1) is 12.4 Å². The fourth-order valence-corrected chi connectivity index (χ4v) is 8.03. The molecule has 2 aliphatic rings. The zero-order chi connectivity index (χ0) is 28.1. The van der Waals surface area contributed by atoms with Crippen molar-refractivity contribution in [3.05, 3.63) is 73.8 Å². The summed E-state index contributed by atoms with van der Waals surface area (Å²) in [6.45, 7) is 7.72. The molecule has 1 fully saturated rings. The zero-order valence-corrected chi connectivity index (χ0v) is 24.1. The fourth-order valence-electron chi connectivity index (χ4n) is 5.90. The van der Waals surface area contributed by atoms with Crippen LogP contribution in [0, 0.1) is 19.7 Å². The maximum absolute atomic E-state index is 15.2. The van der Waals surface area contributed by atoms with E-state index in [0.29, 0.717) is 28.4 Å². The Hall–Kier alpha value is -2.73. The van der Waals surface area contributed by atoms with Crippen LogP contribution in [0.4, 0.5) is 10.1 Å². The van der Waals surface area contributed by atoms with Gasteiger partial charge < -0.3 is 9.32 Å². The second-order valence-corrected chi connectivity index (χ2v) is 12.8. The van der Waals surface area contributed by atoms with Crippen molar-refractivity contribution >= 4 is 27.3 Å². The van der Waals surface area contributed by atoms with E-state index < -0.39 is 33.6 Å². The highest BCUT2D eigenvalue weighted by Gasteiger charge is 2.45. The number of piperidine rings is 1. The molecule has 210 valence electrons. The van der Waals surface area contributed by atoms with Crippen LogP contribution in [-0.2, 0) is 16.6 Å². The molecule has 0 unspecified atom stereocenters. The molecule has 9 nitrogen and oxygen atoms in total. The Labute approximate surface area is 232 Å². The lowest BCUT2D eigenvalue weighted by molar-refractivity contribution is 0.219. The van der Waals surface area contributed by atoms with Gasteiger partial charge >= 0.3 is 5.76 Å². The lowest BCUT2D eigenvalue weighted by Gasteiger charge is -2.42. The number of sulfonamides is 1. The van der Waals surface area contributed by atoms with Crippen LogP contribution in [0.3, 0.4) is 0 Å². The van der Waals surface area contributed by atoms with E-state index in [0.717, 1.165) is 37.1 Å². The van der Waals surface area contributed by atoms with Gasteiger partial charge in [-0.05, 0) is 74.7 Å². The molecule has 3 aromatic rings. The highest BCUT2D eigenvalue weighted by atomic mass is 35.5. The maximum atomic E-state index is 15.2. The number of aromatic nitrogens is 2. The minimum absolute atomic E-state index is 0.0687. The number of nitrogens with one attached hydrogen (secondary N) is 1. The van der Waals surface area contributed by atoms with Gasteiger partial charge in [0.1, 0.15) is 16.8 Å². The van der Waals surface area contributed by atoms with Crippen molar-refractivity contribution in [2.45, 2.75) is 63.4 Å². The van der Waals surface area contributed by atoms with Gasteiger partial charge in [0.15, 0.2) is 0 Å². The van der Waals surface area contributed by atoms with Gasteiger partial charge in [0.2, 0.25) is 15.9 Å². The topological polar surface area (TPSA) is 103 Å². The summed E-state index contributed by atoms with van der Waals surface area (Å²) in [7, 11) is -2.34. The molecule has 12 heteroatoms. The first kappa shape index (κ1) is 27.8. The molecule has 2 aliphatic heterocycles. The average molecular weight is 578 g/mol. The van der Waals surface area contributed by atoms with Gasteiger partial charge in [0.25, 0.3) is 0 Å². The Balaban J connectivity index is 1.63. The number of nitrogens with zero attached hydrogens (tertiary/aromatic N) is 4. The Morgan fingerprint density at radius 1 is 1.15 bits per heavy atom. The average Bonchev–Trinajstić information content (AvgIpc) is 3.32.